The van der Waals surface area contributed by atoms with Crippen molar-refractivity contribution in [1.82, 2.24) is 9.97 Å². The molecule has 2 aromatic heterocycles. The van der Waals surface area contributed by atoms with E-state index < -0.39 is 0 Å². The molecule has 20 heavy (non-hydrogen) atoms. The number of rotatable bonds is 3. The molecule has 4 nitrogen and oxygen atoms in total. The third-order valence-electron chi connectivity index (χ3n) is 2.93. The van der Waals surface area contributed by atoms with E-state index >= 15 is 0 Å². The first-order chi connectivity index (χ1) is 9.78. The summed E-state index contributed by atoms with van der Waals surface area (Å²) in [5.41, 5.74) is 7.28. The molecule has 0 atom stereocenters. The number of aromatic nitrogens is 2. The average Bonchev–Trinajstić information content (AvgIpc) is 2.51. The van der Waals surface area contributed by atoms with Crippen molar-refractivity contribution < 1.29 is 4.74 Å². The Kier molecular flexibility index (Phi) is 3.50. The summed E-state index contributed by atoms with van der Waals surface area (Å²) < 4.78 is 5.80. The van der Waals surface area contributed by atoms with Crippen LogP contribution in [0.1, 0.15) is 5.56 Å². The Morgan fingerprint density at radius 3 is 2.85 bits per heavy atom. The summed E-state index contributed by atoms with van der Waals surface area (Å²) in [7, 11) is 0. The highest BCUT2D eigenvalue weighted by Crippen LogP contribution is 2.32. The second-order valence-corrected chi connectivity index (χ2v) is 4.66. The fourth-order valence-electron chi connectivity index (χ4n) is 1.94. The van der Waals surface area contributed by atoms with Crippen molar-refractivity contribution in [2.45, 2.75) is 6.54 Å². The predicted octanol–water partition coefficient (Wildman–Crippen LogP) is 3.53. The summed E-state index contributed by atoms with van der Waals surface area (Å²) in [5, 5.41) is 1.49. The number of halogens is 1. The van der Waals surface area contributed by atoms with Crippen LogP contribution < -0.4 is 10.5 Å². The summed E-state index contributed by atoms with van der Waals surface area (Å²) >= 11 is 6.15. The largest absolute Gasteiger partial charge is 0.437 e. The third kappa shape index (κ3) is 2.43. The third-order valence-corrected chi connectivity index (χ3v) is 3.26. The van der Waals surface area contributed by atoms with Gasteiger partial charge in [0.15, 0.2) is 5.75 Å². The lowest BCUT2D eigenvalue weighted by atomic mass is 10.2. The van der Waals surface area contributed by atoms with Crippen molar-refractivity contribution >= 4 is 22.5 Å². The van der Waals surface area contributed by atoms with E-state index in [4.69, 9.17) is 22.1 Å². The normalized spacial score (nSPS) is 10.7. The molecule has 0 bridgehead atoms. The van der Waals surface area contributed by atoms with Crippen LogP contribution in [0.25, 0.3) is 10.9 Å². The topological polar surface area (TPSA) is 61.0 Å². The van der Waals surface area contributed by atoms with Crippen LogP contribution in [-0.2, 0) is 6.54 Å². The Morgan fingerprint density at radius 2 is 2.00 bits per heavy atom. The second-order valence-electron chi connectivity index (χ2n) is 4.25. The molecule has 1 aromatic carbocycles. The molecular weight excluding hydrogens is 274 g/mol. The number of fused-ring (bicyclic) bond motifs is 1. The number of nitrogens with two attached hydrogens (primary N) is 1. The molecule has 0 aliphatic carbocycles. The number of nitrogens with zero attached hydrogens (tertiary/aromatic N) is 2. The van der Waals surface area contributed by atoms with E-state index in [-0.39, 0.29) is 0 Å². The average molecular weight is 286 g/mol. The van der Waals surface area contributed by atoms with Crippen LogP contribution in [0.3, 0.4) is 0 Å². The Labute approximate surface area is 121 Å². The summed E-state index contributed by atoms with van der Waals surface area (Å²) in [6.45, 7) is 0.443. The SMILES string of the molecule is NCc1ccnc(Oc2ccc(Cl)c3cccnc23)c1. The van der Waals surface area contributed by atoms with E-state index in [0.717, 1.165) is 10.9 Å². The highest BCUT2D eigenvalue weighted by atomic mass is 35.5. The van der Waals surface area contributed by atoms with Crippen molar-refractivity contribution in [1.29, 1.82) is 0 Å². The second kappa shape index (κ2) is 5.45. The molecule has 2 N–H and O–H groups in total. The van der Waals surface area contributed by atoms with Crippen molar-refractivity contribution in [3.8, 4) is 11.6 Å². The fraction of sp³-hybridized carbons (Fsp3) is 0.0667. The van der Waals surface area contributed by atoms with Crippen LogP contribution in [0.4, 0.5) is 0 Å². The predicted molar refractivity (Wildman–Crippen MR) is 79.0 cm³/mol. The molecule has 0 saturated carbocycles. The van der Waals surface area contributed by atoms with Gasteiger partial charge < -0.3 is 10.5 Å². The van der Waals surface area contributed by atoms with Gasteiger partial charge in [-0.15, -0.1) is 0 Å². The lowest BCUT2D eigenvalue weighted by Gasteiger charge is -2.09. The molecule has 5 heteroatoms. The Balaban J connectivity index is 2.04. The number of hydrogen-bond donors (Lipinski definition) is 1. The van der Waals surface area contributed by atoms with Crippen LogP contribution >= 0.6 is 11.6 Å². The van der Waals surface area contributed by atoms with Gasteiger partial charge in [0.2, 0.25) is 5.88 Å². The standard InChI is InChI=1S/C15H12ClN3O/c16-12-3-4-13(15-11(12)2-1-6-19-15)20-14-8-10(9-17)5-7-18-14/h1-8H,9,17H2. The Morgan fingerprint density at radius 1 is 1.10 bits per heavy atom. The van der Waals surface area contributed by atoms with Gasteiger partial charge in [-0.25, -0.2) is 4.98 Å². The lowest BCUT2D eigenvalue weighted by molar-refractivity contribution is 0.466. The van der Waals surface area contributed by atoms with Crippen molar-refractivity contribution in [3.05, 3.63) is 59.4 Å². The van der Waals surface area contributed by atoms with Crippen LogP contribution in [-0.4, -0.2) is 9.97 Å². The molecule has 0 saturated heterocycles. The zero-order valence-corrected chi connectivity index (χ0v) is 11.3. The van der Waals surface area contributed by atoms with E-state index in [9.17, 15) is 0 Å². The van der Waals surface area contributed by atoms with Crippen LogP contribution in [0, 0.1) is 0 Å². The summed E-state index contributed by atoms with van der Waals surface area (Å²) in [6, 6.07) is 11.0. The van der Waals surface area contributed by atoms with E-state index in [1.54, 1.807) is 24.5 Å². The molecule has 3 aromatic rings. The molecular formula is C15H12ClN3O. The maximum absolute atomic E-state index is 6.15. The molecule has 0 aliphatic rings. The van der Waals surface area contributed by atoms with E-state index in [1.807, 2.05) is 24.3 Å². The molecule has 0 unspecified atom stereocenters. The highest BCUT2D eigenvalue weighted by Gasteiger charge is 2.08. The molecule has 0 spiro atoms. The summed E-state index contributed by atoms with van der Waals surface area (Å²) in [4.78, 5) is 8.49. The van der Waals surface area contributed by atoms with Gasteiger partial charge in [-0.3, -0.25) is 4.98 Å². The zero-order valence-electron chi connectivity index (χ0n) is 10.6. The van der Waals surface area contributed by atoms with E-state index in [0.29, 0.717) is 28.7 Å². The number of pyridine rings is 2. The number of benzene rings is 1. The van der Waals surface area contributed by atoms with Crippen molar-refractivity contribution in [3.63, 3.8) is 0 Å². The Bertz CT molecular complexity index is 761. The van der Waals surface area contributed by atoms with Crippen molar-refractivity contribution in [2.24, 2.45) is 5.73 Å². The van der Waals surface area contributed by atoms with Gasteiger partial charge in [0.1, 0.15) is 5.52 Å². The monoisotopic (exact) mass is 285 g/mol. The van der Waals surface area contributed by atoms with Gasteiger partial charge in [-0.2, -0.15) is 0 Å². The maximum Gasteiger partial charge on any atom is 0.219 e. The zero-order chi connectivity index (χ0) is 13.9. The minimum atomic E-state index is 0.443. The lowest BCUT2D eigenvalue weighted by Crippen LogP contribution is -1.97. The van der Waals surface area contributed by atoms with Crippen LogP contribution in [0.2, 0.25) is 5.02 Å². The van der Waals surface area contributed by atoms with Crippen molar-refractivity contribution in [2.75, 3.05) is 0 Å². The summed E-state index contributed by atoms with van der Waals surface area (Å²) in [5.74, 6) is 1.11. The van der Waals surface area contributed by atoms with Gasteiger partial charge in [-0.05, 0) is 35.9 Å². The number of hydrogen-bond acceptors (Lipinski definition) is 4. The van der Waals surface area contributed by atoms with Gasteiger partial charge in [0.05, 0.1) is 5.02 Å². The minimum absolute atomic E-state index is 0.443. The molecule has 0 aliphatic heterocycles. The highest BCUT2D eigenvalue weighted by molar-refractivity contribution is 6.35. The number of ether oxygens (including phenoxy) is 1. The molecule has 0 amide bonds. The Hall–Kier alpha value is -2.17. The molecule has 3 rings (SSSR count). The van der Waals surface area contributed by atoms with E-state index in [2.05, 4.69) is 9.97 Å². The van der Waals surface area contributed by atoms with Crippen LogP contribution in [0.15, 0.2) is 48.8 Å². The first-order valence-electron chi connectivity index (χ1n) is 6.14. The van der Waals surface area contributed by atoms with Gasteiger partial charge in [-0.1, -0.05) is 11.6 Å². The van der Waals surface area contributed by atoms with E-state index in [1.165, 1.54) is 0 Å². The van der Waals surface area contributed by atoms with Gasteiger partial charge in [0, 0.05) is 30.4 Å². The quantitative estimate of drug-likeness (QED) is 0.799. The van der Waals surface area contributed by atoms with Gasteiger partial charge in [0.25, 0.3) is 0 Å². The minimum Gasteiger partial charge on any atom is -0.437 e. The van der Waals surface area contributed by atoms with Gasteiger partial charge >= 0.3 is 0 Å². The fourth-order valence-corrected chi connectivity index (χ4v) is 2.16. The smallest absolute Gasteiger partial charge is 0.219 e. The molecule has 0 radical (unpaired) electrons. The first kappa shape index (κ1) is 12.8. The van der Waals surface area contributed by atoms with Crippen LogP contribution in [0.5, 0.6) is 11.6 Å². The molecule has 100 valence electrons. The summed E-state index contributed by atoms with van der Waals surface area (Å²) in [6.07, 6.45) is 3.37. The maximum atomic E-state index is 6.15. The molecule has 2 heterocycles. The first-order valence-corrected chi connectivity index (χ1v) is 6.52. The molecule has 0 fully saturated rings.